The van der Waals surface area contributed by atoms with Crippen LogP contribution in [0.5, 0.6) is 0 Å². The number of thioether (sulfide) groups is 1. The molecule has 0 radical (unpaired) electrons. The van der Waals surface area contributed by atoms with Crippen molar-refractivity contribution in [3.8, 4) is 0 Å². The summed E-state index contributed by atoms with van der Waals surface area (Å²) in [6.07, 6.45) is 0. The molecule has 0 aliphatic carbocycles. The molecule has 1 aliphatic rings. The Morgan fingerprint density at radius 3 is 2.52 bits per heavy atom. The van der Waals surface area contributed by atoms with E-state index in [0.717, 1.165) is 32.1 Å². The molecule has 0 saturated carbocycles. The summed E-state index contributed by atoms with van der Waals surface area (Å²) in [6.45, 7) is 6.20. The SMILES string of the molecule is CN=C(NCc1ccc(N2CCSCC2)cc1)NCC(C)c1ccsc1.I. The van der Waals surface area contributed by atoms with E-state index in [0.29, 0.717) is 5.92 Å². The van der Waals surface area contributed by atoms with Gasteiger partial charge in [-0.05, 0) is 46.0 Å². The normalized spacial score (nSPS) is 15.8. The van der Waals surface area contributed by atoms with Gasteiger partial charge in [-0.2, -0.15) is 23.1 Å². The second-order valence-electron chi connectivity index (χ2n) is 6.53. The van der Waals surface area contributed by atoms with E-state index < -0.39 is 0 Å². The van der Waals surface area contributed by atoms with Crippen LogP contribution in [0, 0.1) is 0 Å². The molecule has 1 aliphatic heterocycles. The van der Waals surface area contributed by atoms with Crippen molar-refractivity contribution in [3.05, 3.63) is 52.2 Å². The van der Waals surface area contributed by atoms with Crippen LogP contribution in [0.3, 0.4) is 0 Å². The van der Waals surface area contributed by atoms with Gasteiger partial charge in [0, 0.05) is 50.4 Å². The van der Waals surface area contributed by atoms with Gasteiger partial charge in [-0.15, -0.1) is 24.0 Å². The summed E-state index contributed by atoms with van der Waals surface area (Å²) < 4.78 is 0. The maximum absolute atomic E-state index is 4.33. The molecule has 0 amide bonds. The maximum Gasteiger partial charge on any atom is 0.191 e. The standard InChI is InChI=1S/C20H28N4S2.HI/c1-16(18-7-10-26-15-18)13-22-20(21-2)23-14-17-3-5-19(6-4-17)24-8-11-25-12-9-24;/h3-7,10,15-16H,8-9,11-14H2,1-2H3,(H2,21,22,23);1H. The molecular formula is C20H29IN4S2. The van der Waals surface area contributed by atoms with E-state index in [1.54, 1.807) is 11.3 Å². The minimum absolute atomic E-state index is 0. The highest BCUT2D eigenvalue weighted by molar-refractivity contribution is 14.0. The van der Waals surface area contributed by atoms with Crippen LogP contribution in [0.2, 0.25) is 0 Å². The van der Waals surface area contributed by atoms with Gasteiger partial charge in [0.2, 0.25) is 0 Å². The van der Waals surface area contributed by atoms with Crippen molar-refractivity contribution in [1.29, 1.82) is 0 Å². The highest BCUT2D eigenvalue weighted by atomic mass is 127. The van der Waals surface area contributed by atoms with Crippen molar-refractivity contribution in [2.75, 3.05) is 43.1 Å². The zero-order valence-electron chi connectivity index (χ0n) is 16.0. The summed E-state index contributed by atoms with van der Waals surface area (Å²) in [5.41, 5.74) is 3.99. The lowest BCUT2D eigenvalue weighted by molar-refractivity contribution is 0.701. The minimum atomic E-state index is 0. The molecule has 1 atom stereocenters. The Morgan fingerprint density at radius 2 is 1.89 bits per heavy atom. The predicted molar refractivity (Wildman–Crippen MR) is 132 cm³/mol. The van der Waals surface area contributed by atoms with Crippen LogP contribution in [0.25, 0.3) is 0 Å². The Balaban J connectivity index is 0.00000261. The number of benzene rings is 1. The average molecular weight is 517 g/mol. The Hall–Kier alpha value is -0.930. The molecule has 0 spiro atoms. The van der Waals surface area contributed by atoms with Crippen molar-refractivity contribution < 1.29 is 0 Å². The van der Waals surface area contributed by atoms with E-state index >= 15 is 0 Å². The molecule has 1 aromatic carbocycles. The van der Waals surface area contributed by atoms with Gasteiger partial charge in [0.05, 0.1) is 0 Å². The van der Waals surface area contributed by atoms with Gasteiger partial charge in [-0.3, -0.25) is 4.99 Å². The summed E-state index contributed by atoms with van der Waals surface area (Å²) in [5, 5.41) is 11.2. The molecule has 4 nitrogen and oxygen atoms in total. The summed E-state index contributed by atoms with van der Waals surface area (Å²) in [5.74, 6) is 3.79. The Morgan fingerprint density at radius 1 is 1.15 bits per heavy atom. The lowest BCUT2D eigenvalue weighted by Crippen LogP contribution is -2.38. The summed E-state index contributed by atoms with van der Waals surface area (Å²) >= 11 is 3.79. The van der Waals surface area contributed by atoms with E-state index in [1.807, 2.05) is 18.8 Å². The van der Waals surface area contributed by atoms with Crippen LogP contribution < -0.4 is 15.5 Å². The van der Waals surface area contributed by atoms with Crippen LogP contribution in [0.15, 0.2) is 46.1 Å². The highest BCUT2D eigenvalue weighted by Crippen LogP contribution is 2.20. The van der Waals surface area contributed by atoms with Gasteiger partial charge in [0.15, 0.2) is 5.96 Å². The first-order chi connectivity index (χ1) is 12.8. The molecule has 2 N–H and O–H groups in total. The van der Waals surface area contributed by atoms with Crippen molar-refractivity contribution >= 4 is 58.7 Å². The van der Waals surface area contributed by atoms with Crippen LogP contribution in [0.4, 0.5) is 5.69 Å². The summed E-state index contributed by atoms with van der Waals surface area (Å²) in [4.78, 5) is 6.81. The Labute approximate surface area is 188 Å². The van der Waals surface area contributed by atoms with Gasteiger partial charge in [-0.1, -0.05) is 19.1 Å². The van der Waals surface area contributed by atoms with E-state index in [-0.39, 0.29) is 24.0 Å². The Kier molecular flexibility index (Phi) is 9.78. The van der Waals surface area contributed by atoms with E-state index in [2.05, 4.69) is 68.5 Å². The number of rotatable bonds is 6. The highest BCUT2D eigenvalue weighted by Gasteiger charge is 2.11. The number of anilines is 1. The predicted octanol–water partition coefficient (Wildman–Crippen LogP) is 4.39. The van der Waals surface area contributed by atoms with Gasteiger partial charge in [0.25, 0.3) is 0 Å². The molecule has 1 unspecified atom stereocenters. The number of halogens is 1. The molecule has 1 aromatic heterocycles. The number of hydrogen-bond donors (Lipinski definition) is 2. The van der Waals surface area contributed by atoms with Crippen LogP contribution in [-0.2, 0) is 6.54 Å². The first kappa shape index (κ1) is 22.4. The average Bonchev–Trinajstić information content (AvgIpc) is 3.24. The minimum Gasteiger partial charge on any atom is -0.370 e. The zero-order chi connectivity index (χ0) is 18.2. The molecule has 2 aromatic rings. The third-order valence-electron chi connectivity index (χ3n) is 4.68. The lowest BCUT2D eigenvalue weighted by Gasteiger charge is -2.28. The van der Waals surface area contributed by atoms with Crippen LogP contribution in [0.1, 0.15) is 24.0 Å². The monoisotopic (exact) mass is 516 g/mol. The smallest absolute Gasteiger partial charge is 0.191 e. The molecule has 7 heteroatoms. The fourth-order valence-corrected chi connectivity index (χ4v) is 4.66. The van der Waals surface area contributed by atoms with E-state index in [4.69, 9.17) is 0 Å². The molecule has 1 fully saturated rings. The maximum atomic E-state index is 4.33. The number of thiophene rings is 1. The number of aliphatic imine (C=N–C) groups is 1. The van der Waals surface area contributed by atoms with Crippen molar-refractivity contribution in [2.45, 2.75) is 19.4 Å². The number of nitrogens with zero attached hydrogens (tertiary/aromatic N) is 2. The van der Waals surface area contributed by atoms with Gasteiger partial charge in [0.1, 0.15) is 0 Å². The molecule has 27 heavy (non-hydrogen) atoms. The van der Waals surface area contributed by atoms with Gasteiger partial charge >= 0.3 is 0 Å². The van der Waals surface area contributed by atoms with E-state index in [9.17, 15) is 0 Å². The lowest BCUT2D eigenvalue weighted by atomic mass is 10.1. The van der Waals surface area contributed by atoms with Crippen molar-refractivity contribution in [2.24, 2.45) is 4.99 Å². The Bertz CT molecular complexity index is 683. The van der Waals surface area contributed by atoms with Crippen LogP contribution >= 0.6 is 47.1 Å². The van der Waals surface area contributed by atoms with Crippen molar-refractivity contribution in [3.63, 3.8) is 0 Å². The number of nitrogens with one attached hydrogen (secondary N) is 2. The molecule has 1 saturated heterocycles. The van der Waals surface area contributed by atoms with Gasteiger partial charge < -0.3 is 15.5 Å². The number of guanidine groups is 1. The first-order valence-corrected chi connectivity index (χ1v) is 11.2. The topological polar surface area (TPSA) is 39.7 Å². The zero-order valence-corrected chi connectivity index (χ0v) is 19.9. The fourth-order valence-electron chi connectivity index (χ4n) is 2.98. The first-order valence-electron chi connectivity index (χ1n) is 9.14. The molecule has 0 bridgehead atoms. The van der Waals surface area contributed by atoms with Crippen LogP contribution in [-0.4, -0.2) is 44.1 Å². The summed E-state index contributed by atoms with van der Waals surface area (Å²) in [7, 11) is 1.82. The largest absolute Gasteiger partial charge is 0.370 e. The third-order valence-corrected chi connectivity index (χ3v) is 6.33. The van der Waals surface area contributed by atoms with Crippen molar-refractivity contribution in [1.82, 2.24) is 10.6 Å². The molecular weight excluding hydrogens is 487 g/mol. The quantitative estimate of drug-likeness (QED) is 0.340. The second kappa shape index (κ2) is 11.8. The second-order valence-corrected chi connectivity index (χ2v) is 8.54. The van der Waals surface area contributed by atoms with Gasteiger partial charge in [-0.25, -0.2) is 0 Å². The van der Waals surface area contributed by atoms with E-state index in [1.165, 1.54) is 28.3 Å². The molecule has 2 heterocycles. The molecule has 3 rings (SSSR count). The molecule has 148 valence electrons. The number of hydrogen-bond acceptors (Lipinski definition) is 4. The third kappa shape index (κ3) is 6.87. The fraction of sp³-hybridized carbons (Fsp3) is 0.450. The summed E-state index contributed by atoms with van der Waals surface area (Å²) in [6, 6.07) is 11.1.